The first kappa shape index (κ1) is 12.2. The molecule has 0 N–H and O–H groups in total. The van der Waals surface area contributed by atoms with Crippen molar-refractivity contribution in [2.75, 3.05) is 7.11 Å². The van der Waals surface area contributed by atoms with Crippen molar-refractivity contribution in [2.24, 2.45) is 5.92 Å². The minimum absolute atomic E-state index is 0.00699. The van der Waals surface area contributed by atoms with Gasteiger partial charge in [0.1, 0.15) is 5.82 Å². The van der Waals surface area contributed by atoms with Crippen molar-refractivity contribution in [3.63, 3.8) is 0 Å². The van der Waals surface area contributed by atoms with E-state index in [9.17, 15) is 14.0 Å². The highest BCUT2D eigenvalue weighted by molar-refractivity contribution is 9.10. The predicted octanol–water partition coefficient (Wildman–Crippen LogP) is 2.51. The minimum Gasteiger partial charge on any atom is -0.469 e. The van der Waals surface area contributed by atoms with Gasteiger partial charge in [0, 0.05) is 10.9 Å². The Bertz CT molecular complexity index is 499. The first-order chi connectivity index (χ1) is 8.04. The lowest BCUT2D eigenvalue weighted by atomic mass is 9.83. The maximum atomic E-state index is 13.6. The number of fused-ring (bicyclic) bond motifs is 1. The molecule has 0 saturated heterocycles. The Morgan fingerprint density at radius 2 is 2.18 bits per heavy atom. The molecular formula is C12H10BrFO3. The zero-order valence-electron chi connectivity index (χ0n) is 9.13. The molecule has 0 heterocycles. The summed E-state index contributed by atoms with van der Waals surface area (Å²) in [5.41, 5.74) is 0.649. The Balaban J connectivity index is 2.46. The lowest BCUT2D eigenvalue weighted by Gasteiger charge is -2.23. The molecule has 0 aliphatic heterocycles. The topological polar surface area (TPSA) is 43.4 Å². The molecule has 0 aromatic heterocycles. The maximum absolute atomic E-state index is 13.6. The second kappa shape index (κ2) is 4.56. The van der Waals surface area contributed by atoms with Crippen molar-refractivity contribution in [1.29, 1.82) is 0 Å². The molecule has 0 bridgehead atoms. The number of methoxy groups -OCH3 is 1. The van der Waals surface area contributed by atoms with E-state index in [-0.39, 0.29) is 17.8 Å². The van der Waals surface area contributed by atoms with Crippen molar-refractivity contribution < 1.29 is 18.7 Å². The predicted molar refractivity (Wildman–Crippen MR) is 62.3 cm³/mol. The minimum atomic E-state index is -0.531. The van der Waals surface area contributed by atoms with Crippen molar-refractivity contribution in [2.45, 2.75) is 12.8 Å². The van der Waals surface area contributed by atoms with E-state index in [2.05, 4.69) is 20.7 Å². The number of esters is 1. The molecule has 1 atom stereocenters. The second-order valence-electron chi connectivity index (χ2n) is 3.93. The number of hydrogen-bond donors (Lipinski definition) is 0. The van der Waals surface area contributed by atoms with Crippen LogP contribution in [0.3, 0.4) is 0 Å². The molecular weight excluding hydrogens is 291 g/mol. The van der Waals surface area contributed by atoms with E-state index in [1.165, 1.54) is 13.2 Å². The van der Waals surface area contributed by atoms with E-state index >= 15 is 0 Å². The average molecular weight is 301 g/mol. The number of hydrogen-bond acceptors (Lipinski definition) is 3. The summed E-state index contributed by atoms with van der Waals surface area (Å²) in [6.07, 6.45) is 0.332. The summed E-state index contributed by atoms with van der Waals surface area (Å²) < 4.78 is 18.8. The normalized spacial score (nSPS) is 18.8. The molecule has 0 amide bonds. The summed E-state index contributed by atoms with van der Waals surface area (Å²) in [6.45, 7) is 0. The maximum Gasteiger partial charge on any atom is 0.309 e. The SMILES string of the molecule is COC(=O)C1CC(=O)c2c(F)ccc(Br)c2C1. The fourth-order valence-corrected chi connectivity index (χ4v) is 2.56. The number of rotatable bonds is 1. The smallest absolute Gasteiger partial charge is 0.309 e. The Labute approximate surface area is 106 Å². The van der Waals surface area contributed by atoms with Crippen molar-refractivity contribution in [3.8, 4) is 0 Å². The first-order valence-corrected chi connectivity index (χ1v) is 5.91. The highest BCUT2D eigenvalue weighted by Crippen LogP contribution is 2.33. The van der Waals surface area contributed by atoms with Crippen molar-refractivity contribution in [3.05, 3.63) is 33.5 Å². The molecule has 90 valence electrons. The first-order valence-electron chi connectivity index (χ1n) is 5.12. The van der Waals surface area contributed by atoms with E-state index in [1.54, 1.807) is 6.07 Å². The van der Waals surface area contributed by atoms with Crippen LogP contribution in [0.25, 0.3) is 0 Å². The number of ketones is 1. The number of carbonyl (C=O) groups excluding carboxylic acids is 2. The third kappa shape index (κ3) is 2.11. The molecule has 0 fully saturated rings. The van der Waals surface area contributed by atoms with Gasteiger partial charge in [0.25, 0.3) is 0 Å². The van der Waals surface area contributed by atoms with Crippen LogP contribution < -0.4 is 0 Å². The molecule has 1 aliphatic rings. The van der Waals surface area contributed by atoms with Crippen LogP contribution >= 0.6 is 15.9 Å². The van der Waals surface area contributed by atoms with Crippen LogP contribution in [0.15, 0.2) is 16.6 Å². The van der Waals surface area contributed by atoms with E-state index < -0.39 is 17.7 Å². The lowest BCUT2D eigenvalue weighted by Crippen LogP contribution is -2.28. The van der Waals surface area contributed by atoms with Crippen LogP contribution in [0.1, 0.15) is 22.3 Å². The number of halogens is 2. The number of ether oxygens (including phenoxy) is 1. The highest BCUT2D eigenvalue weighted by atomic mass is 79.9. The quantitative estimate of drug-likeness (QED) is 0.749. The van der Waals surface area contributed by atoms with Gasteiger partial charge in [0.05, 0.1) is 18.6 Å². The van der Waals surface area contributed by atoms with Gasteiger partial charge in [0.15, 0.2) is 5.78 Å². The van der Waals surface area contributed by atoms with Gasteiger partial charge in [-0.05, 0) is 24.1 Å². The summed E-state index contributed by atoms with van der Waals surface area (Å²) in [4.78, 5) is 23.3. The Kier molecular flexibility index (Phi) is 3.28. The Morgan fingerprint density at radius 3 is 2.82 bits per heavy atom. The highest BCUT2D eigenvalue weighted by Gasteiger charge is 2.33. The molecule has 0 spiro atoms. The second-order valence-corrected chi connectivity index (χ2v) is 4.79. The summed E-state index contributed by atoms with van der Waals surface area (Å²) in [5.74, 6) is -1.82. The standard InChI is InChI=1S/C12H10BrFO3/c1-17-12(16)6-4-7-8(13)2-3-9(14)11(7)10(15)5-6/h2-3,6H,4-5H2,1H3. The number of carbonyl (C=O) groups is 2. The molecule has 1 unspecified atom stereocenters. The Morgan fingerprint density at radius 1 is 1.47 bits per heavy atom. The van der Waals surface area contributed by atoms with Gasteiger partial charge in [0.2, 0.25) is 0 Å². The Hall–Kier alpha value is -1.23. The van der Waals surface area contributed by atoms with Crippen LogP contribution in [0, 0.1) is 11.7 Å². The van der Waals surface area contributed by atoms with Gasteiger partial charge in [-0.3, -0.25) is 9.59 Å². The fraction of sp³-hybridized carbons (Fsp3) is 0.333. The van der Waals surface area contributed by atoms with E-state index in [4.69, 9.17) is 0 Å². The summed E-state index contributed by atoms with van der Waals surface area (Å²) >= 11 is 3.27. The van der Waals surface area contributed by atoms with Crippen molar-refractivity contribution >= 4 is 27.7 Å². The lowest BCUT2D eigenvalue weighted by molar-refractivity contribution is -0.145. The number of Topliss-reactive ketones (excluding diaryl/α,β-unsaturated/α-hetero) is 1. The van der Waals surface area contributed by atoms with Gasteiger partial charge in [-0.15, -0.1) is 0 Å². The van der Waals surface area contributed by atoms with Gasteiger partial charge >= 0.3 is 5.97 Å². The zero-order chi connectivity index (χ0) is 12.6. The number of benzene rings is 1. The third-order valence-electron chi connectivity index (χ3n) is 2.90. The van der Waals surface area contributed by atoms with Crippen LogP contribution in [-0.2, 0) is 16.0 Å². The van der Waals surface area contributed by atoms with Gasteiger partial charge in [-0.1, -0.05) is 15.9 Å². The van der Waals surface area contributed by atoms with Crippen LogP contribution in [0.5, 0.6) is 0 Å². The molecule has 1 aromatic carbocycles. The molecule has 0 radical (unpaired) electrons. The molecule has 2 rings (SSSR count). The van der Waals surface area contributed by atoms with E-state index in [0.29, 0.717) is 16.5 Å². The van der Waals surface area contributed by atoms with Gasteiger partial charge in [-0.25, -0.2) is 4.39 Å². The van der Waals surface area contributed by atoms with Crippen LogP contribution in [-0.4, -0.2) is 18.9 Å². The fourth-order valence-electron chi connectivity index (χ4n) is 2.07. The molecule has 1 aromatic rings. The van der Waals surface area contributed by atoms with Crippen LogP contribution in [0.2, 0.25) is 0 Å². The summed E-state index contributed by atoms with van der Waals surface area (Å²) in [6, 6.07) is 2.79. The largest absolute Gasteiger partial charge is 0.469 e. The monoisotopic (exact) mass is 300 g/mol. The summed E-state index contributed by atoms with van der Waals surface area (Å²) in [7, 11) is 1.28. The van der Waals surface area contributed by atoms with Gasteiger partial charge in [-0.2, -0.15) is 0 Å². The van der Waals surface area contributed by atoms with E-state index in [0.717, 1.165) is 0 Å². The average Bonchev–Trinajstić information content (AvgIpc) is 2.32. The molecule has 5 heteroatoms. The molecule has 0 saturated carbocycles. The molecule has 3 nitrogen and oxygen atoms in total. The van der Waals surface area contributed by atoms with Crippen molar-refractivity contribution in [1.82, 2.24) is 0 Å². The van der Waals surface area contributed by atoms with Gasteiger partial charge < -0.3 is 4.74 Å². The molecule has 1 aliphatic carbocycles. The third-order valence-corrected chi connectivity index (χ3v) is 3.64. The molecule has 17 heavy (non-hydrogen) atoms. The zero-order valence-corrected chi connectivity index (χ0v) is 10.7. The van der Waals surface area contributed by atoms with Crippen LogP contribution in [0.4, 0.5) is 4.39 Å². The summed E-state index contributed by atoms with van der Waals surface area (Å²) in [5, 5.41) is 0. The van der Waals surface area contributed by atoms with E-state index in [1.807, 2.05) is 0 Å².